The minimum absolute atomic E-state index is 0.0199. The fourth-order valence-corrected chi connectivity index (χ4v) is 2.25. The number of nitrogens with one attached hydrogen (secondary N) is 3. The van der Waals surface area contributed by atoms with Gasteiger partial charge >= 0.3 is 0 Å². The summed E-state index contributed by atoms with van der Waals surface area (Å²) in [4.78, 5) is 12.0. The molecule has 1 amide bonds. The molecule has 15 heavy (non-hydrogen) atoms. The van der Waals surface area contributed by atoms with E-state index in [-0.39, 0.29) is 5.91 Å². The van der Waals surface area contributed by atoms with Crippen molar-refractivity contribution < 1.29 is 9.21 Å². The van der Waals surface area contributed by atoms with E-state index in [1.807, 2.05) is 6.07 Å². The minimum Gasteiger partial charge on any atom is -0.446 e. The maximum Gasteiger partial charge on any atom is 0.252 e. The van der Waals surface area contributed by atoms with E-state index in [1.54, 1.807) is 6.26 Å². The molecular weight excluding hydrogens is 194 g/mol. The molecule has 3 heterocycles. The predicted octanol–water partition coefficient (Wildman–Crippen LogP) is 0.766. The average molecular weight is 207 g/mol. The van der Waals surface area contributed by atoms with E-state index in [0.29, 0.717) is 5.88 Å². The molecule has 0 radical (unpaired) electrons. The number of rotatable bonds is 0. The summed E-state index contributed by atoms with van der Waals surface area (Å²) in [5, 5.41) is 9.35. The summed E-state index contributed by atoms with van der Waals surface area (Å²) in [5.74, 6) is 0.551. The lowest BCUT2D eigenvalue weighted by molar-refractivity contribution is -0.121. The quantitative estimate of drug-likeness (QED) is 0.587. The third-order valence-corrected chi connectivity index (χ3v) is 3.16. The van der Waals surface area contributed by atoms with Gasteiger partial charge in [0.2, 0.25) is 5.88 Å². The zero-order valence-electron chi connectivity index (χ0n) is 8.30. The highest BCUT2D eigenvalue weighted by molar-refractivity contribution is 6.04. The van der Waals surface area contributed by atoms with Crippen LogP contribution in [0.3, 0.4) is 0 Å². The van der Waals surface area contributed by atoms with Crippen molar-refractivity contribution in [3.05, 3.63) is 12.3 Å². The van der Waals surface area contributed by atoms with Crippen LogP contribution in [0, 0.1) is 0 Å². The van der Waals surface area contributed by atoms with Crippen LogP contribution in [-0.2, 0) is 4.79 Å². The van der Waals surface area contributed by atoms with Crippen molar-refractivity contribution in [2.45, 2.75) is 18.4 Å². The van der Waals surface area contributed by atoms with Gasteiger partial charge in [0.15, 0.2) is 0 Å². The van der Waals surface area contributed by atoms with Gasteiger partial charge in [-0.05, 0) is 25.9 Å². The van der Waals surface area contributed by atoms with Crippen LogP contribution in [0.5, 0.6) is 0 Å². The molecule has 0 aromatic carbocycles. The number of piperidine rings is 1. The predicted molar refractivity (Wildman–Crippen MR) is 55.8 cm³/mol. The first-order valence-corrected chi connectivity index (χ1v) is 5.18. The van der Waals surface area contributed by atoms with Crippen molar-refractivity contribution >= 4 is 17.5 Å². The molecule has 1 aromatic heterocycles. The molecule has 1 saturated heterocycles. The van der Waals surface area contributed by atoms with Gasteiger partial charge in [-0.25, -0.2) is 0 Å². The normalized spacial score (nSPS) is 23.1. The Labute approximate surface area is 87.2 Å². The number of hydrogen-bond acceptors (Lipinski definition) is 4. The van der Waals surface area contributed by atoms with Crippen LogP contribution in [0.4, 0.5) is 11.6 Å². The SMILES string of the molecule is O=C1Nc2occc2NC12CCNCC2. The molecule has 1 spiro atoms. The van der Waals surface area contributed by atoms with E-state index < -0.39 is 5.54 Å². The summed E-state index contributed by atoms with van der Waals surface area (Å²) in [5.41, 5.74) is 0.443. The fourth-order valence-electron chi connectivity index (χ4n) is 2.25. The van der Waals surface area contributed by atoms with Gasteiger partial charge in [-0.1, -0.05) is 0 Å². The van der Waals surface area contributed by atoms with Gasteiger partial charge in [-0.3, -0.25) is 10.1 Å². The van der Waals surface area contributed by atoms with E-state index in [0.717, 1.165) is 31.6 Å². The molecule has 5 heteroatoms. The Kier molecular flexibility index (Phi) is 1.76. The van der Waals surface area contributed by atoms with Crippen LogP contribution in [0.2, 0.25) is 0 Å². The Bertz CT molecular complexity index is 393. The number of anilines is 2. The third kappa shape index (κ3) is 1.23. The van der Waals surface area contributed by atoms with Crippen molar-refractivity contribution in [2.75, 3.05) is 23.7 Å². The van der Waals surface area contributed by atoms with Gasteiger partial charge in [-0.15, -0.1) is 0 Å². The number of carbonyl (C=O) groups excluding carboxylic acids is 1. The van der Waals surface area contributed by atoms with E-state index in [2.05, 4.69) is 16.0 Å². The molecule has 5 nitrogen and oxygen atoms in total. The molecule has 0 bridgehead atoms. The number of carbonyl (C=O) groups is 1. The van der Waals surface area contributed by atoms with Crippen LogP contribution in [0.1, 0.15) is 12.8 Å². The van der Waals surface area contributed by atoms with Gasteiger partial charge in [-0.2, -0.15) is 0 Å². The van der Waals surface area contributed by atoms with Crippen molar-refractivity contribution in [1.82, 2.24) is 5.32 Å². The van der Waals surface area contributed by atoms with Crippen LogP contribution in [0.15, 0.2) is 16.7 Å². The Hall–Kier alpha value is -1.49. The van der Waals surface area contributed by atoms with Gasteiger partial charge < -0.3 is 15.1 Å². The monoisotopic (exact) mass is 207 g/mol. The smallest absolute Gasteiger partial charge is 0.252 e. The number of furan rings is 1. The largest absolute Gasteiger partial charge is 0.446 e. The maximum absolute atomic E-state index is 12.0. The molecule has 3 rings (SSSR count). The molecule has 2 aliphatic rings. The highest BCUT2D eigenvalue weighted by Crippen LogP contribution is 2.35. The van der Waals surface area contributed by atoms with Crippen LogP contribution >= 0.6 is 0 Å². The van der Waals surface area contributed by atoms with E-state index in [1.165, 1.54) is 0 Å². The summed E-state index contributed by atoms with van der Waals surface area (Å²) in [6.07, 6.45) is 3.20. The van der Waals surface area contributed by atoms with Gasteiger partial charge in [0.1, 0.15) is 5.54 Å². The Balaban J connectivity index is 1.95. The highest BCUT2D eigenvalue weighted by atomic mass is 16.3. The first-order valence-electron chi connectivity index (χ1n) is 5.18. The Morgan fingerprint density at radius 2 is 2.13 bits per heavy atom. The molecule has 1 aromatic rings. The number of fused-ring (bicyclic) bond motifs is 1. The lowest BCUT2D eigenvalue weighted by atomic mass is 9.86. The van der Waals surface area contributed by atoms with Crippen LogP contribution in [-0.4, -0.2) is 24.5 Å². The minimum atomic E-state index is -0.442. The van der Waals surface area contributed by atoms with Gasteiger partial charge in [0.25, 0.3) is 5.91 Å². The van der Waals surface area contributed by atoms with Gasteiger partial charge in [0, 0.05) is 6.07 Å². The lowest BCUT2D eigenvalue weighted by Crippen LogP contribution is -2.57. The zero-order valence-corrected chi connectivity index (χ0v) is 8.30. The fraction of sp³-hybridized carbons (Fsp3) is 0.500. The van der Waals surface area contributed by atoms with E-state index >= 15 is 0 Å². The van der Waals surface area contributed by atoms with Crippen molar-refractivity contribution in [2.24, 2.45) is 0 Å². The molecule has 1 fully saturated rings. The average Bonchev–Trinajstić information content (AvgIpc) is 2.67. The number of hydrogen-bond donors (Lipinski definition) is 3. The molecule has 0 unspecified atom stereocenters. The van der Waals surface area contributed by atoms with Crippen molar-refractivity contribution in [3.63, 3.8) is 0 Å². The summed E-state index contributed by atoms with van der Waals surface area (Å²) in [6, 6.07) is 1.85. The maximum atomic E-state index is 12.0. The highest BCUT2D eigenvalue weighted by Gasteiger charge is 2.43. The summed E-state index contributed by atoms with van der Waals surface area (Å²) >= 11 is 0. The molecule has 2 aliphatic heterocycles. The first-order chi connectivity index (χ1) is 7.30. The summed E-state index contributed by atoms with van der Waals surface area (Å²) < 4.78 is 5.15. The second-order valence-corrected chi connectivity index (χ2v) is 4.07. The standard InChI is InChI=1S/C10H13N3O2/c14-9-10(2-4-11-5-3-10)13-7-1-6-15-8(7)12-9/h1,6,11,13H,2-5H2,(H,12,14). The lowest BCUT2D eigenvalue weighted by Gasteiger charge is -2.39. The Morgan fingerprint density at radius 1 is 1.33 bits per heavy atom. The van der Waals surface area contributed by atoms with Crippen LogP contribution in [0.25, 0.3) is 0 Å². The third-order valence-electron chi connectivity index (χ3n) is 3.16. The first kappa shape index (κ1) is 8.79. The molecule has 0 aliphatic carbocycles. The van der Waals surface area contributed by atoms with E-state index in [9.17, 15) is 4.79 Å². The van der Waals surface area contributed by atoms with Crippen molar-refractivity contribution in [1.29, 1.82) is 0 Å². The van der Waals surface area contributed by atoms with Crippen LogP contribution < -0.4 is 16.0 Å². The number of amides is 1. The summed E-state index contributed by atoms with van der Waals surface area (Å²) in [7, 11) is 0. The second kappa shape index (κ2) is 3.00. The second-order valence-electron chi connectivity index (χ2n) is 4.07. The molecular formula is C10H13N3O2. The topological polar surface area (TPSA) is 66.3 Å². The molecule has 0 saturated carbocycles. The molecule has 0 atom stereocenters. The van der Waals surface area contributed by atoms with Crippen molar-refractivity contribution in [3.8, 4) is 0 Å². The van der Waals surface area contributed by atoms with Gasteiger partial charge in [0.05, 0.1) is 12.0 Å². The molecule has 3 N–H and O–H groups in total. The molecule has 80 valence electrons. The summed E-state index contributed by atoms with van der Waals surface area (Å²) in [6.45, 7) is 1.74. The zero-order chi connectivity index (χ0) is 10.3. The van der Waals surface area contributed by atoms with E-state index in [4.69, 9.17) is 4.42 Å². The Morgan fingerprint density at radius 3 is 2.93 bits per heavy atom.